The third-order valence-electron chi connectivity index (χ3n) is 7.12. The van der Waals surface area contributed by atoms with E-state index in [4.69, 9.17) is 17.2 Å². The molecular formula is C31H31N6S+. The smallest absolute Gasteiger partial charge is 0.147 e. The number of rotatable bonds is 7. The van der Waals surface area contributed by atoms with E-state index in [2.05, 4.69) is 96.1 Å². The first-order valence-corrected chi connectivity index (χ1v) is 13.4. The molecule has 0 radical (unpaired) electrons. The number of hydrogen-bond donors (Lipinski definition) is 0. The summed E-state index contributed by atoms with van der Waals surface area (Å²) in [6, 6.07) is 26.9. The Balaban J connectivity index is 1.38. The summed E-state index contributed by atoms with van der Waals surface area (Å²) in [5.41, 5.74) is 5.63. The van der Waals surface area contributed by atoms with Crippen LogP contribution >= 0.6 is 12.2 Å². The first-order chi connectivity index (χ1) is 18.3. The van der Waals surface area contributed by atoms with Crippen molar-refractivity contribution in [1.29, 1.82) is 0 Å². The summed E-state index contributed by atoms with van der Waals surface area (Å²) < 4.78 is 3.81. The highest BCUT2D eigenvalue weighted by molar-refractivity contribution is 7.71. The Bertz CT molecular complexity index is 1860. The Hall–Kier alpha value is -3.94. The SMILES string of the molecule is CCN(CC[N+](C)(C)C)c1ccc(/N=N/c2cc3cccc4c(=S)n5c6ccccc6nc5c(c2)c34)cc1. The van der Waals surface area contributed by atoms with Gasteiger partial charge in [0.05, 0.1) is 56.6 Å². The van der Waals surface area contributed by atoms with Crippen LogP contribution in [0.1, 0.15) is 6.92 Å². The lowest BCUT2D eigenvalue weighted by atomic mass is 10.0. The number of pyridine rings is 1. The molecule has 2 aromatic heterocycles. The number of quaternary nitrogens is 1. The van der Waals surface area contributed by atoms with E-state index in [9.17, 15) is 0 Å². The number of fused-ring (bicyclic) bond motifs is 4. The minimum absolute atomic E-state index is 0.781. The normalized spacial score (nSPS) is 12.5. The fourth-order valence-corrected chi connectivity index (χ4v) is 5.45. The topological polar surface area (TPSA) is 45.3 Å². The van der Waals surface area contributed by atoms with Crippen LogP contribution in [0.25, 0.3) is 38.2 Å². The highest BCUT2D eigenvalue weighted by atomic mass is 32.1. The van der Waals surface area contributed by atoms with Crippen molar-refractivity contribution in [2.24, 2.45) is 10.2 Å². The van der Waals surface area contributed by atoms with Gasteiger partial charge in [-0.25, -0.2) is 4.98 Å². The van der Waals surface area contributed by atoms with Crippen molar-refractivity contribution < 1.29 is 4.48 Å². The third kappa shape index (κ3) is 4.38. The van der Waals surface area contributed by atoms with Gasteiger partial charge in [-0.3, -0.25) is 4.40 Å². The molecule has 6 nitrogen and oxygen atoms in total. The maximum atomic E-state index is 5.93. The summed E-state index contributed by atoms with van der Waals surface area (Å²) in [4.78, 5) is 7.34. The summed E-state index contributed by atoms with van der Waals surface area (Å²) in [6.07, 6.45) is 0. The Labute approximate surface area is 227 Å². The minimum atomic E-state index is 0.781. The molecule has 0 saturated carbocycles. The predicted molar refractivity (Wildman–Crippen MR) is 161 cm³/mol. The Kier molecular flexibility index (Phi) is 6.05. The standard InChI is InChI=1S/C31H31N6S/c1-5-35(17-18-37(2,3)4)24-15-13-22(14-16-24)33-34-23-19-21-9-8-10-25-29(21)26(20-23)30-32-27-11-6-7-12-28(27)36(30)31(25)38/h6-16,19-20H,5,17-18H2,1-4H3/q+1/b34-33+. The Morgan fingerprint density at radius 2 is 1.63 bits per heavy atom. The van der Waals surface area contributed by atoms with Crippen LogP contribution in [0.4, 0.5) is 17.1 Å². The summed E-state index contributed by atoms with van der Waals surface area (Å²) in [5, 5.41) is 13.5. The van der Waals surface area contributed by atoms with Crippen LogP contribution in [-0.4, -0.2) is 54.6 Å². The first kappa shape index (κ1) is 24.4. The van der Waals surface area contributed by atoms with Crippen molar-refractivity contribution in [3.8, 4) is 0 Å². The number of anilines is 1. The third-order valence-corrected chi connectivity index (χ3v) is 7.52. The second-order valence-electron chi connectivity index (χ2n) is 10.8. The molecule has 0 atom stereocenters. The van der Waals surface area contributed by atoms with Gasteiger partial charge in [0.2, 0.25) is 0 Å². The number of benzene rings is 4. The molecule has 4 aromatic carbocycles. The van der Waals surface area contributed by atoms with Crippen LogP contribution in [-0.2, 0) is 0 Å². The molecule has 190 valence electrons. The molecule has 6 rings (SSSR count). The number of azo groups is 1. The fourth-order valence-electron chi connectivity index (χ4n) is 5.09. The lowest BCUT2D eigenvalue weighted by Crippen LogP contribution is -2.42. The van der Waals surface area contributed by atoms with Crippen molar-refractivity contribution >= 4 is 67.5 Å². The van der Waals surface area contributed by atoms with E-state index < -0.39 is 0 Å². The monoisotopic (exact) mass is 519 g/mol. The molecule has 0 saturated heterocycles. The van der Waals surface area contributed by atoms with E-state index in [1.54, 1.807) is 0 Å². The Morgan fingerprint density at radius 3 is 2.39 bits per heavy atom. The second-order valence-corrected chi connectivity index (χ2v) is 11.2. The molecule has 0 spiro atoms. The van der Waals surface area contributed by atoms with Crippen molar-refractivity contribution in [1.82, 2.24) is 9.38 Å². The molecule has 2 heterocycles. The van der Waals surface area contributed by atoms with Gasteiger partial charge in [-0.2, -0.15) is 10.2 Å². The molecule has 0 fully saturated rings. The average molecular weight is 520 g/mol. The average Bonchev–Trinajstić information content (AvgIpc) is 3.31. The minimum Gasteiger partial charge on any atom is -0.366 e. The molecule has 38 heavy (non-hydrogen) atoms. The highest BCUT2D eigenvalue weighted by Crippen LogP contribution is 2.36. The van der Waals surface area contributed by atoms with Crippen molar-refractivity contribution in [3.05, 3.63) is 83.5 Å². The molecule has 0 bridgehead atoms. The summed E-state index contributed by atoms with van der Waals surface area (Å²) in [5.74, 6) is 0. The number of imidazole rings is 1. The van der Waals surface area contributed by atoms with E-state index in [1.165, 1.54) is 5.69 Å². The molecular weight excluding hydrogens is 488 g/mol. The lowest BCUT2D eigenvalue weighted by Gasteiger charge is -2.29. The largest absolute Gasteiger partial charge is 0.366 e. The van der Waals surface area contributed by atoms with E-state index in [-0.39, 0.29) is 0 Å². The summed E-state index contributed by atoms with van der Waals surface area (Å²) in [6.45, 7) is 5.26. The molecule has 0 aliphatic heterocycles. The van der Waals surface area contributed by atoms with Gasteiger partial charge in [0, 0.05) is 28.4 Å². The van der Waals surface area contributed by atoms with Crippen LogP contribution in [0.3, 0.4) is 0 Å². The van der Waals surface area contributed by atoms with Crippen LogP contribution in [0.2, 0.25) is 0 Å². The predicted octanol–water partition coefficient (Wildman–Crippen LogP) is 7.91. The van der Waals surface area contributed by atoms with E-state index >= 15 is 0 Å². The van der Waals surface area contributed by atoms with Crippen molar-refractivity contribution in [2.75, 3.05) is 45.7 Å². The molecule has 0 amide bonds. The van der Waals surface area contributed by atoms with Gasteiger partial charge in [0.25, 0.3) is 0 Å². The van der Waals surface area contributed by atoms with Gasteiger partial charge in [-0.1, -0.05) is 42.5 Å². The highest BCUT2D eigenvalue weighted by Gasteiger charge is 2.15. The van der Waals surface area contributed by atoms with Crippen LogP contribution < -0.4 is 4.90 Å². The van der Waals surface area contributed by atoms with E-state index in [0.29, 0.717) is 0 Å². The maximum absolute atomic E-state index is 5.93. The van der Waals surface area contributed by atoms with E-state index in [0.717, 1.165) is 78.4 Å². The zero-order valence-electron chi connectivity index (χ0n) is 22.2. The van der Waals surface area contributed by atoms with Gasteiger partial charge >= 0.3 is 0 Å². The fraction of sp³-hybridized carbons (Fsp3) is 0.226. The van der Waals surface area contributed by atoms with E-state index in [1.807, 2.05) is 30.3 Å². The van der Waals surface area contributed by atoms with Gasteiger partial charge in [0.15, 0.2) is 0 Å². The van der Waals surface area contributed by atoms with Crippen molar-refractivity contribution in [3.63, 3.8) is 0 Å². The van der Waals surface area contributed by atoms with Gasteiger partial charge in [0.1, 0.15) is 10.3 Å². The number of hydrogen-bond acceptors (Lipinski definition) is 5. The molecule has 0 aliphatic rings. The van der Waals surface area contributed by atoms with Crippen LogP contribution in [0, 0.1) is 4.64 Å². The number of nitrogens with zero attached hydrogens (tertiary/aromatic N) is 6. The zero-order chi connectivity index (χ0) is 26.4. The lowest BCUT2D eigenvalue weighted by molar-refractivity contribution is -0.868. The molecule has 0 unspecified atom stereocenters. The molecule has 0 aliphatic carbocycles. The van der Waals surface area contributed by atoms with Gasteiger partial charge < -0.3 is 9.38 Å². The molecule has 7 heteroatoms. The van der Waals surface area contributed by atoms with Crippen LogP contribution in [0.5, 0.6) is 0 Å². The summed E-state index contributed by atoms with van der Waals surface area (Å²) in [7, 11) is 6.68. The number of para-hydroxylation sites is 2. The van der Waals surface area contributed by atoms with Crippen molar-refractivity contribution in [2.45, 2.75) is 6.92 Å². The summed E-state index contributed by atoms with van der Waals surface area (Å²) >= 11 is 5.93. The molecule has 6 aromatic rings. The molecule has 0 N–H and O–H groups in total. The number of aromatic nitrogens is 2. The van der Waals surface area contributed by atoms with Gasteiger partial charge in [-0.05, 0) is 60.8 Å². The maximum Gasteiger partial charge on any atom is 0.147 e. The van der Waals surface area contributed by atoms with Crippen LogP contribution in [0.15, 0.2) is 89.1 Å². The first-order valence-electron chi connectivity index (χ1n) is 13.0. The zero-order valence-corrected chi connectivity index (χ0v) is 23.0. The quantitative estimate of drug-likeness (QED) is 0.122. The van der Waals surface area contributed by atoms with Gasteiger partial charge in [-0.15, -0.1) is 0 Å². The second kappa shape index (κ2) is 9.42. The number of likely N-dealkylation sites (N-methyl/N-ethyl adjacent to an activating group) is 2. The Morgan fingerprint density at radius 1 is 0.868 bits per heavy atom.